The molecule has 5 nitrogen and oxygen atoms in total. The van der Waals surface area contributed by atoms with Gasteiger partial charge in [-0.2, -0.15) is 0 Å². The van der Waals surface area contributed by atoms with E-state index in [1.165, 1.54) is 4.90 Å². The number of rotatable bonds is 5. The molecule has 1 heterocycles. The summed E-state index contributed by atoms with van der Waals surface area (Å²) in [6.45, 7) is 2.37. The topological polar surface area (TPSA) is 63.7 Å². The lowest BCUT2D eigenvalue weighted by molar-refractivity contribution is -0.122. The summed E-state index contributed by atoms with van der Waals surface area (Å²) in [5.41, 5.74) is 4.99. The molecule has 0 aromatic heterocycles. The highest BCUT2D eigenvalue weighted by Crippen LogP contribution is 2.66. The predicted octanol–water partition coefficient (Wildman–Crippen LogP) is 5.55. The van der Waals surface area contributed by atoms with Gasteiger partial charge in [-0.15, -0.1) is 0 Å². The van der Waals surface area contributed by atoms with E-state index in [0.717, 1.165) is 35.1 Å². The first-order chi connectivity index (χ1) is 17.0. The van der Waals surface area contributed by atoms with Crippen molar-refractivity contribution in [3.63, 3.8) is 0 Å². The molecule has 2 bridgehead atoms. The zero-order valence-corrected chi connectivity index (χ0v) is 20.8. The Morgan fingerprint density at radius 3 is 2.26 bits per heavy atom. The lowest BCUT2D eigenvalue weighted by Crippen LogP contribution is -2.50. The van der Waals surface area contributed by atoms with E-state index in [9.17, 15) is 14.4 Å². The van der Waals surface area contributed by atoms with Gasteiger partial charge in [-0.25, -0.2) is 9.69 Å². The van der Waals surface area contributed by atoms with Gasteiger partial charge in [0, 0.05) is 5.92 Å². The maximum atomic E-state index is 14.0. The first kappa shape index (κ1) is 22.2. The molecule has 6 heteroatoms. The largest absolute Gasteiger partial charge is 0.462 e. The Hall–Kier alpha value is -3.25. The van der Waals surface area contributed by atoms with Crippen molar-refractivity contribution in [3.05, 3.63) is 101 Å². The molecule has 176 valence electrons. The summed E-state index contributed by atoms with van der Waals surface area (Å²) in [4.78, 5) is 41.8. The highest BCUT2D eigenvalue weighted by atomic mass is 79.9. The standard InChI is InChI=1S/C29H24BrNO4/c1-2-3-15-35-28(34)17-9-8-10-18(16-17)31-26(32)24-23-19-11-4-6-13-21(19)29(30,25(24)27(31)33)22-14-7-5-12-20(22)23/h4-14,16,23-25H,2-3,15H2,1H3/t23?,24-,25-,29?/m0/s1. The molecule has 2 atom stereocenters. The first-order valence-corrected chi connectivity index (χ1v) is 12.8. The molecule has 1 fully saturated rings. The number of esters is 1. The van der Waals surface area contributed by atoms with Crippen LogP contribution in [0.4, 0.5) is 5.69 Å². The van der Waals surface area contributed by atoms with E-state index < -0.39 is 22.1 Å². The Balaban J connectivity index is 1.44. The number of anilines is 1. The van der Waals surface area contributed by atoms with Gasteiger partial charge in [0.1, 0.15) is 0 Å². The minimum Gasteiger partial charge on any atom is -0.462 e. The number of imide groups is 1. The van der Waals surface area contributed by atoms with Crippen molar-refractivity contribution in [2.45, 2.75) is 30.0 Å². The molecule has 2 amide bonds. The van der Waals surface area contributed by atoms with Crippen LogP contribution in [-0.4, -0.2) is 24.4 Å². The molecule has 7 rings (SSSR count). The van der Waals surface area contributed by atoms with E-state index in [0.29, 0.717) is 17.9 Å². The van der Waals surface area contributed by atoms with E-state index >= 15 is 0 Å². The average molecular weight is 530 g/mol. The fourth-order valence-electron chi connectivity index (χ4n) is 6.10. The van der Waals surface area contributed by atoms with Crippen LogP contribution in [0, 0.1) is 11.8 Å². The third-order valence-corrected chi connectivity index (χ3v) is 8.93. The van der Waals surface area contributed by atoms with E-state index in [1.807, 2.05) is 31.2 Å². The van der Waals surface area contributed by atoms with Gasteiger partial charge in [0.15, 0.2) is 0 Å². The van der Waals surface area contributed by atoms with E-state index in [4.69, 9.17) is 4.74 Å². The summed E-state index contributed by atoms with van der Waals surface area (Å²) in [5, 5.41) is 0. The molecule has 3 aromatic rings. The van der Waals surface area contributed by atoms with Gasteiger partial charge < -0.3 is 4.74 Å². The molecule has 0 spiro atoms. The molecule has 4 aliphatic rings. The number of amides is 2. The fraction of sp³-hybridized carbons (Fsp3) is 0.276. The highest BCUT2D eigenvalue weighted by Gasteiger charge is 2.67. The Morgan fingerprint density at radius 1 is 0.943 bits per heavy atom. The van der Waals surface area contributed by atoms with Crippen LogP contribution in [0.15, 0.2) is 72.8 Å². The van der Waals surface area contributed by atoms with Crippen LogP contribution < -0.4 is 4.90 Å². The second-order valence-corrected chi connectivity index (χ2v) is 10.7. The smallest absolute Gasteiger partial charge is 0.338 e. The van der Waals surface area contributed by atoms with Crippen molar-refractivity contribution < 1.29 is 19.1 Å². The quantitative estimate of drug-likeness (QED) is 0.188. The van der Waals surface area contributed by atoms with Crippen LogP contribution in [0.3, 0.4) is 0 Å². The van der Waals surface area contributed by atoms with Crippen molar-refractivity contribution in [1.82, 2.24) is 0 Å². The van der Waals surface area contributed by atoms with Gasteiger partial charge in [-0.05, 0) is 46.9 Å². The number of carbonyl (C=O) groups excluding carboxylic acids is 3. The minimum atomic E-state index is -0.794. The zero-order valence-electron chi connectivity index (χ0n) is 19.2. The molecule has 0 unspecified atom stereocenters. The zero-order chi connectivity index (χ0) is 24.3. The average Bonchev–Trinajstić information content (AvgIpc) is 3.16. The van der Waals surface area contributed by atoms with Crippen molar-refractivity contribution in [2.75, 3.05) is 11.5 Å². The number of hydrogen-bond acceptors (Lipinski definition) is 4. The van der Waals surface area contributed by atoms with Crippen LogP contribution in [0.25, 0.3) is 0 Å². The monoisotopic (exact) mass is 529 g/mol. The van der Waals surface area contributed by atoms with Gasteiger partial charge in [0.25, 0.3) is 0 Å². The highest BCUT2D eigenvalue weighted by molar-refractivity contribution is 9.09. The third kappa shape index (κ3) is 3.02. The van der Waals surface area contributed by atoms with Crippen LogP contribution >= 0.6 is 15.9 Å². The van der Waals surface area contributed by atoms with Crippen molar-refractivity contribution >= 4 is 39.4 Å². The summed E-state index contributed by atoms with van der Waals surface area (Å²) in [6.07, 6.45) is 1.71. The van der Waals surface area contributed by atoms with Crippen LogP contribution in [0.5, 0.6) is 0 Å². The van der Waals surface area contributed by atoms with E-state index in [2.05, 4.69) is 40.2 Å². The van der Waals surface area contributed by atoms with Gasteiger partial charge >= 0.3 is 5.97 Å². The Kier molecular flexibility index (Phi) is 5.18. The van der Waals surface area contributed by atoms with Gasteiger partial charge in [-0.1, -0.05) is 83.9 Å². The van der Waals surface area contributed by atoms with Crippen LogP contribution in [-0.2, 0) is 18.7 Å². The van der Waals surface area contributed by atoms with Gasteiger partial charge in [0.05, 0.1) is 34.0 Å². The molecule has 1 aliphatic heterocycles. The lowest BCUT2D eigenvalue weighted by atomic mass is 9.55. The SMILES string of the molecule is CCCCOC(=O)c1cccc(N2C(=O)[C@@H]3[C@@H](C2=O)C2c4ccccc4C3(Br)c3ccccc32)c1. The van der Waals surface area contributed by atoms with Gasteiger partial charge in [0.2, 0.25) is 11.8 Å². The summed E-state index contributed by atoms with van der Waals surface area (Å²) >= 11 is 4.00. The summed E-state index contributed by atoms with van der Waals surface area (Å²) < 4.78 is 4.55. The number of hydrogen-bond donors (Lipinski definition) is 0. The predicted molar refractivity (Wildman–Crippen MR) is 136 cm³/mol. The Morgan fingerprint density at radius 2 is 1.60 bits per heavy atom. The number of benzene rings is 3. The number of ether oxygens (including phenoxy) is 1. The summed E-state index contributed by atoms with van der Waals surface area (Å²) in [7, 11) is 0. The van der Waals surface area contributed by atoms with Crippen LogP contribution in [0.2, 0.25) is 0 Å². The first-order valence-electron chi connectivity index (χ1n) is 12.0. The maximum absolute atomic E-state index is 14.0. The van der Waals surface area contributed by atoms with E-state index in [-0.39, 0.29) is 17.7 Å². The second kappa shape index (κ2) is 8.16. The second-order valence-electron chi connectivity index (χ2n) is 9.42. The number of nitrogens with zero attached hydrogens (tertiary/aromatic N) is 1. The molecule has 3 aromatic carbocycles. The normalized spacial score (nSPS) is 25.8. The molecule has 35 heavy (non-hydrogen) atoms. The molecule has 0 N–H and O–H groups in total. The van der Waals surface area contributed by atoms with Gasteiger partial charge in [-0.3, -0.25) is 9.59 Å². The molecular weight excluding hydrogens is 506 g/mol. The summed E-state index contributed by atoms with van der Waals surface area (Å²) in [5.74, 6) is -2.22. The summed E-state index contributed by atoms with van der Waals surface area (Å²) in [6, 6.07) is 22.8. The maximum Gasteiger partial charge on any atom is 0.338 e. The van der Waals surface area contributed by atoms with E-state index in [1.54, 1.807) is 24.3 Å². The number of carbonyl (C=O) groups is 3. The van der Waals surface area contributed by atoms with Crippen LogP contribution in [0.1, 0.15) is 58.3 Å². The Labute approximate surface area is 212 Å². The van der Waals surface area contributed by atoms with Crippen molar-refractivity contribution in [3.8, 4) is 0 Å². The minimum absolute atomic E-state index is 0.199. The molecular formula is C29H24BrNO4. The van der Waals surface area contributed by atoms with Crippen molar-refractivity contribution in [1.29, 1.82) is 0 Å². The number of unbranched alkanes of at least 4 members (excludes halogenated alkanes) is 1. The molecule has 3 aliphatic carbocycles. The molecule has 0 saturated carbocycles. The molecule has 0 radical (unpaired) electrons. The lowest BCUT2D eigenvalue weighted by Gasteiger charge is -2.51. The third-order valence-electron chi connectivity index (χ3n) is 7.59. The van der Waals surface area contributed by atoms with Crippen molar-refractivity contribution in [2.24, 2.45) is 11.8 Å². The molecule has 1 saturated heterocycles. The number of halogens is 1. The fourth-order valence-corrected chi connectivity index (χ4v) is 7.30. The Bertz CT molecular complexity index is 1330. The number of alkyl halides is 1.